The van der Waals surface area contributed by atoms with Gasteiger partial charge in [0.15, 0.2) is 0 Å². The molecule has 0 unspecified atom stereocenters. The molecule has 0 saturated carbocycles. The first-order valence-electron chi connectivity index (χ1n) is 5.44. The van der Waals surface area contributed by atoms with Crippen LogP contribution in [-0.2, 0) is 7.05 Å². The maximum absolute atomic E-state index is 11.6. The van der Waals surface area contributed by atoms with Gasteiger partial charge in [0.25, 0.3) is 5.56 Å². The summed E-state index contributed by atoms with van der Waals surface area (Å²) in [5.41, 5.74) is 0.476. The summed E-state index contributed by atoms with van der Waals surface area (Å²) in [6, 6.07) is 0. The molecule has 0 spiro atoms. The van der Waals surface area contributed by atoms with Gasteiger partial charge in [-0.3, -0.25) is 4.79 Å². The maximum Gasteiger partial charge on any atom is 0.282 e. The molecule has 1 rings (SSSR count). The van der Waals surface area contributed by atoms with E-state index in [0.29, 0.717) is 23.1 Å². The van der Waals surface area contributed by atoms with E-state index in [1.165, 1.54) is 4.68 Å². The third kappa shape index (κ3) is 3.81. The van der Waals surface area contributed by atoms with Crippen LogP contribution in [0.3, 0.4) is 0 Å². The van der Waals surface area contributed by atoms with Crippen LogP contribution in [0.1, 0.15) is 20.3 Å². The molecule has 1 aromatic heterocycles. The number of aryl methyl sites for hydroxylation is 1. The van der Waals surface area contributed by atoms with Gasteiger partial charge in [-0.15, -0.1) is 0 Å². The van der Waals surface area contributed by atoms with E-state index in [1.807, 2.05) is 0 Å². The van der Waals surface area contributed by atoms with Gasteiger partial charge in [-0.05, 0) is 27.8 Å². The Morgan fingerprint density at radius 3 is 2.82 bits per heavy atom. The molecule has 1 heterocycles. The Morgan fingerprint density at radius 2 is 2.24 bits per heavy atom. The predicted molar refractivity (Wildman–Crippen MR) is 71.2 cm³/mol. The van der Waals surface area contributed by atoms with Gasteiger partial charge in [-0.25, -0.2) is 4.68 Å². The highest BCUT2D eigenvalue weighted by atomic mass is 79.9. The number of nitrogens with zero attached hydrogens (tertiary/aromatic N) is 2. The van der Waals surface area contributed by atoms with E-state index in [0.717, 1.165) is 0 Å². The molecule has 2 N–H and O–H groups in total. The minimum Gasteiger partial charge on any atom is -0.396 e. The van der Waals surface area contributed by atoms with Crippen LogP contribution in [0.15, 0.2) is 15.5 Å². The van der Waals surface area contributed by atoms with Crippen molar-refractivity contribution in [2.75, 3.05) is 18.5 Å². The first-order chi connectivity index (χ1) is 7.87. The van der Waals surface area contributed by atoms with Crippen molar-refractivity contribution in [3.8, 4) is 0 Å². The summed E-state index contributed by atoms with van der Waals surface area (Å²) < 4.78 is 1.75. The van der Waals surface area contributed by atoms with Crippen LogP contribution in [-0.4, -0.2) is 28.0 Å². The molecule has 1 aromatic rings. The topological polar surface area (TPSA) is 67.2 Å². The fourth-order valence-corrected chi connectivity index (χ4v) is 1.86. The van der Waals surface area contributed by atoms with Crippen LogP contribution >= 0.6 is 15.9 Å². The van der Waals surface area contributed by atoms with E-state index in [-0.39, 0.29) is 17.6 Å². The average molecular weight is 304 g/mol. The summed E-state index contributed by atoms with van der Waals surface area (Å²) in [4.78, 5) is 11.6. The lowest BCUT2D eigenvalue weighted by molar-refractivity contribution is 0.220. The molecule has 0 aliphatic rings. The summed E-state index contributed by atoms with van der Waals surface area (Å²) in [6.07, 6.45) is 2.32. The average Bonchev–Trinajstić information content (AvgIpc) is 2.25. The second-order valence-electron chi connectivity index (χ2n) is 4.79. The molecule has 0 saturated heterocycles. The number of aliphatic hydroxyl groups excluding tert-OH is 1. The minimum atomic E-state index is -0.171. The largest absolute Gasteiger partial charge is 0.396 e. The number of aliphatic hydroxyl groups is 1. The molecule has 17 heavy (non-hydrogen) atoms. The van der Waals surface area contributed by atoms with E-state index in [1.54, 1.807) is 13.2 Å². The normalized spacial score (nSPS) is 11.6. The Bertz CT molecular complexity index is 443. The monoisotopic (exact) mass is 303 g/mol. The predicted octanol–water partition coefficient (Wildman–Crippen LogP) is 1.36. The summed E-state index contributed by atoms with van der Waals surface area (Å²) in [7, 11) is 1.60. The van der Waals surface area contributed by atoms with Crippen molar-refractivity contribution in [3.05, 3.63) is 21.0 Å². The number of rotatable bonds is 5. The van der Waals surface area contributed by atoms with Gasteiger partial charge in [-0.1, -0.05) is 13.8 Å². The second-order valence-corrected chi connectivity index (χ2v) is 5.59. The van der Waals surface area contributed by atoms with Crippen LogP contribution in [0.2, 0.25) is 0 Å². The first kappa shape index (κ1) is 14.2. The molecule has 96 valence electrons. The van der Waals surface area contributed by atoms with Gasteiger partial charge < -0.3 is 10.4 Å². The molecule has 0 fully saturated rings. The summed E-state index contributed by atoms with van der Waals surface area (Å²) in [6.45, 7) is 4.93. The first-order valence-corrected chi connectivity index (χ1v) is 6.23. The Morgan fingerprint density at radius 1 is 1.59 bits per heavy atom. The quantitative estimate of drug-likeness (QED) is 0.862. The number of aromatic nitrogens is 2. The van der Waals surface area contributed by atoms with Crippen LogP contribution < -0.4 is 10.9 Å². The Hall–Kier alpha value is -0.880. The number of hydrogen-bond acceptors (Lipinski definition) is 4. The fraction of sp³-hybridized carbons (Fsp3) is 0.636. The summed E-state index contributed by atoms with van der Waals surface area (Å²) >= 11 is 3.25. The number of halogens is 1. The Balaban J connectivity index is 2.77. The minimum absolute atomic E-state index is 0.0325. The Kier molecular flexibility index (Phi) is 4.70. The van der Waals surface area contributed by atoms with Gasteiger partial charge in [0.05, 0.1) is 11.9 Å². The van der Waals surface area contributed by atoms with Crippen molar-refractivity contribution < 1.29 is 5.11 Å². The molecule has 0 bridgehead atoms. The molecular weight excluding hydrogens is 286 g/mol. The van der Waals surface area contributed by atoms with E-state index in [9.17, 15) is 4.79 Å². The molecule has 0 aliphatic carbocycles. The molecule has 6 heteroatoms. The fourth-order valence-electron chi connectivity index (χ4n) is 1.36. The zero-order valence-electron chi connectivity index (χ0n) is 10.3. The lowest BCUT2D eigenvalue weighted by Gasteiger charge is -2.24. The lowest BCUT2D eigenvalue weighted by atomic mass is 9.90. The van der Waals surface area contributed by atoms with Crippen molar-refractivity contribution in [2.45, 2.75) is 20.3 Å². The van der Waals surface area contributed by atoms with Crippen molar-refractivity contribution in [2.24, 2.45) is 12.5 Å². The van der Waals surface area contributed by atoms with Gasteiger partial charge >= 0.3 is 0 Å². The third-order valence-electron chi connectivity index (χ3n) is 2.62. The van der Waals surface area contributed by atoms with E-state index >= 15 is 0 Å². The highest BCUT2D eigenvalue weighted by Gasteiger charge is 2.17. The number of anilines is 1. The Labute approximate surface area is 109 Å². The molecular formula is C11H18BrN3O2. The number of nitrogens with one attached hydrogen (secondary N) is 1. The van der Waals surface area contributed by atoms with Gasteiger partial charge in [-0.2, -0.15) is 5.10 Å². The zero-order chi connectivity index (χ0) is 13.1. The van der Waals surface area contributed by atoms with Crippen molar-refractivity contribution in [1.82, 2.24) is 9.78 Å². The molecule has 5 nitrogen and oxygen atoms in total. The third-order valence-corrected chi connectivity index (χ3v) is 3.39. The van der Waals surface area contributed by atoms with Crippen LogP contribution in [0.5, 0.6) is 0 Å². The molecule has 0 amide bonds. The van der Waals surface area contributed by atoms with E-state index in [4.69, 9.17) is 5.11 Å². The van der Waals surface area contributed by atoms with Crippen LogP contribution in [0.25, 0.3) is 0 Å². The smallest absolute Gasteiger partial charge is 0.282 e. The summed E-state index contributed by atoms with van der Waals surface area (Å²) in [5.74, 6) is 0. The zero-order valence-corrected chi connectivity index (χ0v) is 11.9. The van der Waals surface area contributed by atoms with Crippen molar-refractivity contribution >= 4 is 21.6 Å². The van der Waals surface area contributed by atoms with E-state index in [2.05, 4.69) is 40.2 Å². The second kappa shape index (κ2) is 5.64. The van der Waals surface area contributed by atoms with Gasteiger partial charge in [0.1, 0.15) is 4.47 Å². The van der Waals surface area contributed by atoms with Crippen molar-refractivity contribution in [1.29, 1.82) is 0 Å². The summed E-state index contributed by atoms with van der Waals surface area (Å²) in [5, 5.41) is 16.1. The highest BCUT2D eigenvalue weighted by molar-refractivity contribution is 9.10. The standard InChI is InChI=1S/C11H18BrN3O2/c1-11(2,4-5-16)7-13-8-6-14-15(3)10(17)9(8)12/h6,13,16H,4-5,7H2,1-3H3. The lowest BCUT2D eigenvalue weighted by Crippen LogP contribution is -2.27. The van der Waals surface area contributed by atoms with E-state index < -0.39 is 0 Å². The molecule has 0 radical (unpaired) electrons. The van der Waals surface area contributed by atoms with Crippen molar-refractivity contribution in [3.63, 3.8) is 0 Å². The van der Waals surface area contributed by atoms with Crippen LogP contribution in [0.4, 0.5) is 5.69 Å². The molecule has 0 atom stereocenters. The molecule has 0 aromatic carbocycles. The maximum atomic E-state index is 11.6. The SMILES string of the molecule is Cn1ncc(NCC(C)(C)CCO)c(Br)c1=O. The van der Waals surface area contributed by atoms with Crippen LogP contribution in [0, 0.1) is 5.41 Å². The number of hydrogen-bond donors (Lipinski definition) is 2. The molecule has 0 aliphatic heterocycles. The highest BCUT2D eigenvalue weighted by Crippen LogP contribution is 2.22. The van der Waals surface area contributed by atoms with Gasteiger partial charge in [0, 0.05) is 20.2 Å². The van der Waals surface area contributed by atoms with Gasteiger partial charge in [0.2, 0.25) is 0 Å².